The normalized spacial score (nSPS) is 19.1. The number of hydrogen-bond acceptors (Lipinski definition) is 4. The van der Waals surface area contributed by atoms with Gasteiger partial charge in [0, 0.05) is 22.7 Å². The number of sulfonamides is 1. The largest absolute Gasteiger partial charge is 0.370 e. The molecule has 1 unspecified atom stereocenters. The lowest BCUT2D eigenvalue weighted by Gasteiger charge is -2.31. The second-order valence-electron chi connectivity index (χ2n) is 6.32. The fourth-order valence-electron chi connectivity index (χ4n) is 3.06. The van der Waals surface area contributed by atoms with E-state index in [1.54, 1.807) is 18.3 Å². The minimum absolute atomic E-state index is 0.0161. The molecule has 4 nitrogen and oxygen atoms in total. The minimum atomic E-state index is -3.75. The molecule has 0 spiro atoms. The van der Waals surface area contributed by atoms with Gasteiger partial charge in [0.05, 0.1) is 11.5 Å². The number of morpholine rings is 1. The number of thiophene rings is 1. The van der Waals surface area contributed by atoms with E-state index in [9.17, 15) is 12.8 Å². The second-order valence-corrected chi connectivity index (χ2v) is 9.37. The van der Waals surface area contributed by atoms with E-state index >= 15 is 0 Å². The molecule has 3 aromatic rings. The zero-order chi connectivity index (χ0) is 18.3. The van der Waals surface area contributed by atoms with E-state index in [0.29, 0.717) is 12.2 Å². The summed E-state index contributed by atoms with van der Waals surface area (Å²) in [5.41, 5.74) is 0.425. The summed E-state index contributed by atoms with van der Waals surface area (Å²) in [7, 11) is -3.75. The van der Waals surface area contributed by atoms with E-state index in [2.05, 4.69) is 0 Å². The molecule has 1 fully saturated rings. The predicted octanol–water partition coefficient (Wildman–Crippen LogP) is 4.11. The first-order valence-electron chi connectivity index (χ1n) is 8.31. The van der Waals surface area contributed by atoms with Crippen molar-refractivity contribution >= 4 is 31.4 Å². The zero-order valence-corrected chi connectivity index (χ0v) is 15.8. The molecule has 2 heterocycles. The number of fused-ring (bicyclic) bond motifs is 1. The Labute approximate surface area is 155 Å². The van der Waals surface area contributed by atoms with E-state index in [4.69, 9.17) is 4.74 Å². The van der Waals surface area contributed by atoms with Crippen molar-refractivity contribution in [3.63, 3.8) is 0 Å². The van der Waals surface area contributed by atoms with Crippen LogP contribution in [0.1, 0.15) is 16.5 Å². The molecule has 0 radical (unpaired) electrons. The third kappa shape index (κ3) is 3.16. The lowest BCUT2D eigenvalue weighted by Crippen LogP contribution is -2.42. The van der Waals surface area contributed by atoms with Crippen LogP contribution in [0.15, 0.2) is 53.4 Å². The first-order valence-corrected chi connectivity index (χ1v) is 10.6. The quantitative estimate of drug-likeness (QED) is 0.675. The van der Waals surface area contributed by atoms with Crippen LogP contribution in [0.5, 0.6) is 0 Å². The Morgan fingerprint density at radius 3 is 2.77 bits per heavy atom. The summed E-state index contributed by atoms with van der Waals surface area (Å²) in [6.45, 7) is 2.41. The Bertz CT molecular complexity index is 1030. The Morgan fingerprint density at radius 1 is 1.19 bits per heavy atom. The highest BCUT2D eigenvalue weighted by atomic mass is 32.2. The summed E-state index contributed by atoms with van der Waals surface area (Å²) in [6, 6.07) is 14.1. The highest BCUT2D eigenvalue weighted by molar-refractivity contribution is 7.89. The number of ether oxygens (including phenoxy) is 1. The molecule has 0 aliphatic carbocycles. The maximum atomic E-state index is 13.8. The number of aryl methyl sites for hydroxylation is 1. The standard InChI is InChI=1S/C19H18FNO3S2/c1-13-6-7-15(11-16(13)20)26(22,23)21-8-9-24-17(12-21)19-10-14-4-2-3-5-18(14)25-19/h2-7,10-11,17H,8-9,12H2,1H3. The molecule has 2 aromatic carbocycles. The van der Waals surface area contributed by atoms with Gasteiger partial charge in [0.15, 0.2) is 0 Å². The van der Waals surface area contributed by atoms with E-state index in [1.165, 1.54) is 16.4 Å². The van der Waals surface area contributed by atoms with E-state index < -0.39 is 15.8 Å². The summed E-state index contributed by atoms with van der Waals surface area (Å²) in [5, 5.41) is 1.12. The maximum absolute atomic E-state index is 13.8. The number of rotatable bonds is 3. The first-order chi connectivity index (χ1) is 12.4. The molecule has 0 amide bonds. The lowest BCUT2D eigenvalue weighted by molar-refractivity contribution is -0.000468. The van der Waals surface area contributed by atoms with Gasteiger partial charge in [0.2, 0.25) is 10.0 Å². The molecule has 1 saturated heterocycles. The van der Waals surface area contributed by atoms with Gasteiger partial charge in [-0.05, 0) is 42.1 Å². The lowest BCUT2D eigenvalue weighted by atomic mass is 10.2. The van der Waals surface area contributed by atoms with Crippen molar-refractivity contribution in [1.29, 1.82) is 0 Å². The zero-order valence-electron chi connectivity index (χ0n) is 14.2. The van der Waals surface area contributed by atoms with Crippen LogP contribution in [-0.4, -0.2) is 32.4 Å². The van der Waals surface area contributed by atoms with E-state index in [-0.39, 0.29) is 24.1 Å². The summed E-state index contributed by atoms with van der Waals surface area (Å²) >= 11 is 1.61. The van der Waals surface area contributed by atoms with Crippen LogP contribution in [0, 0.1) is 12.7 Å². The Kier molecular flexibility index (Phi) is 4.56. The van der Waals surface area contributed by atoms with Crippen LogP contribution < -0.4 is 0 Å². The molecular weight excluding hydrogens is 373 g/mol. The van der Waals surface area contributed by atoms with Crippen LogP contribution in [0.3, 0.4) is 0 Å². The molecule has 26 heavy (non-hydrogen) atoms. The minimum Gasteiger partial charge on any atom is -0.370 e. The maximum Gasteiger partial charge on any atom is 0.243 e. The highest BCUT2D eigenvalue weighted by Gasteiger charge is 2.32. The average Bonchev–Trinajstić information content (AvgIpc) is 3.08. The molecule has 1 atom stereocenters. The fraction of sp³-hybridized carbons (Fsp3) is 0.263. The van der Waals surface area contributed by atoms with Crippen molar-refractivity contribution in [3.8, 4) is 0 Å². The van der Waals surface area contributed by atoms with Crippen LogP contribution >= 0.6 is 11.3 Å². The number of benzene rings is 2. The van der Waals surface area contributed by atoms with Crippen LogP contribution in [0.2, 0.25) is 0 Å². The topological polar surface area (TPSA) is 46.6 Å². The Hall–Kier alpha value is -1.80. The van der Waals surface area contributed by atoms with Crippen molar-refractivity contribution in [2.45, 2.75) is 17.9 Å². The molecular formula is C19H18FNO3S2. The van der Waals surface area contributed by atoms with Crippen molar-refractivity contribution in [2.24, 2.45) is 0 Å². The Morgan fingerprint density at radius 2 is 2.00 bits per heavy atom. The van der Waals surface area contributed by atoms with Gasteiger partial charge in [-0.25, -0.2) is 12.8 Å². The molecule has 1 aliphatic heterocycles. The van der Waals surface area contributed by atoms with Crippen LogP contribution in [-0.2, 0) is 14.8 Å². The van der Waals surface area contributed by atoms with Crippen LogP contribution in [0.4, 0.5) is 4.39 Å². The second kappa shape index (κ2) is 6.74. The molecule has 4 rings (SSSR count). The van der Waals surface area contributed by atoms with Gasteiger partial charge in [-0.3, -0.25) is 0 Å². The average molecular weight is 391 g/mol. The molecule has 0 N–H and O–H groups in total. The number of hydrogen-bond donors (Lipinski definition) is 0. The SMILES string of the molecule is Cc1ccc(S(=O)(=O)N2CCOC(c3cc4ccccc4s3)C2)cc1F. The van der Waals surface area contributed by atoms with Gasteiger partial charge in [-0.15, -0.1) is 11.3 Å². The van der Waals surface area contributed by atoms with E-state index in [1.807, 2.05) is 30.3 Å². The fourth-order valence-corrected chi connectivity index (χ4v) is 5.60. The van der Waals surface area contributed by atoms with Crippen molar-refractivity contribution in [2.75, 3.05) is 19.7 Å². The van der Waals surface area contributed by atoms with Gasteiger partial charge in [-0.2, -0.15) is 4.31 Å². The molecule has 1 aromatic heterocycles. The highest BCUT2D eigenvalue weighted by Crippen LogP contribution is 2.34. The first kappa shape index (κ1) is 17.6. The van der Waals surface area contributed by atoms with Crippen molar-refractivity contribution in [1.82, 2.24) is 4.31 Å². The monoisotopic (exact) mass is 391 g/mol. The summed E-state index contributed by atoms with van der Waals surface area (Å²) < 4.78 is 48.0. The van der Waals surface area contributed by atoms with E-state index in [0.717, 1.165) is 21.0 Å². The van der Waals surface area contributed by atoms with Crippen molar-refractivity contribution in [3.05, 3.63) is 64.8 Å². The molecule has 1 aliphatic rings. The Balaban J connectivity index is 1.62. The molecule has 0 saturated carbocycles. The van der Waals surface area contributed by atoms with Gasteiger partial charge in [-0.1, -0.05) is 24.3 Å². The van der Waals surface area contributed by atoms with Crippen LogP contribution in [0.25, 0.3) is 10.1 Å². The van der Waals surface area contributed by atoms with Gasteiger partial charge >= 0.3 is 0 Å². The van der Waals surface area contributed by atoms with Gasteiger partial charge in [0.1, 0.15) is 11.9 Å². The van der Waals surface area contributed by atoms with Crippen molar-refractivity contribution < 1.29 is 17.5 Å². The van der Waals surface area contributed by atoms with Gasteiger partial charge < -0.3 is 4.74 Å². The molecule has 0 bridgehead atoms. The smallest absolute Gasteiger partial charge is 0.243 e. The number of nitrogens with zero attached hydrogens (tertiary/aromatic N) is 1. The third-order valence-electron chi connectivity index (χ3n) is 4.57. The summed E-state index contributed by atoms with van der Waals surface area (Å²) in [4.78, 5) is 0.985. The summed E-state index contributed by atoms with van der Waals surface area (Å²) in [5.74, 6) is -0.514. The number of halogens is 1. The van der Waals surface area contributed by atoms with Gasteiger partial charge in [0.25, 0.3) is 0 Å². The molecule has 136 valence electrons. The third-order valence-corrected chi connectivity index (χ3v) is 7.64. The molecule has 7 heteroatoms. The summed E-state index contributed by atoms with van der Waals surface area (Å²) in [6.07, 6.45) is -0.314. The predicted molar refractivity (Wildman–Crippen MR) is 100 cm³/mol.